The molecule has 1 amide bonds. The van der Waals surface area contributed by atoms with Crippen molar-refractivity contribution in [2.45, 2.75) is 19.9 Å². The Morgan fingerprint density at radius 1 is 1.05 bits per heavy atom. The Morgan fingerprint density at radius 2 is 1.88 bits per heavy atom. The highest BCUT2D eigenvalue weighted by atomic mass is 16.2. The summed E-state index contributed by atoms with van der Waals surface area (Å²) < 4.78 is 4.91. The van der Waals surface area contributed by atoms with Crippen molar-refractivity contribution in [3.8, 4) is 17.5 Å². The van der Waals surface area contributed by atoms with Crippen molar-refractivity contribution in [1.82, 2.24) is 34.3 Å². The number of nitrogens with one attached hydrogen (secondary N) is 1. The molecule has 6 rings (SSSR count). The van der Waals surface area contributed by atoms with Crippen molar-refractivity contribution in [2.24, 2.45) is 7.05 Å². The lowest BCUT2D eigenvalue weighted by molar-refractivity contribution is 0.0939. The highest BCUT2D eigenvalue weighted by Gasteiger charge is 2.23. The summed E-state index contributed by atoms with van der Waals surface area (Å²) in [5.74, 6) is 5.95. The summed E-state index contributed by atoms with van der Waals surface area (Å²) in [6.45, 7) is 3.64. The number of fused-ring (bicyclic) bond motifs is 2. The van der Waals surface area contributed by atoms with E-state index in [2.05, 4.69) is 32.3 Å². The van der Waals surface area contributed by atoms with Crippen molar-refractivity contribution >= 4 is 22.3 Å². The minimum Gasteiger partial charge on any atom is -0.344 e. The van der Waals surface area contributed by atoms with Gasteiger partial charge < -0.3 is 5.32 Å². The maximum absolute atomic E-state index is 14.2. The molecular formula is C31H25N7O2. The van der Waals surface area contributed by atoms with Gasteiger partial charge >= 0.3 is 0 Å². The Hall–Kier alpha value is -5.49. The molecule has 4 aromatic heterocycles. The van der Waals surface area contributed by atoms with Crippen LogP contribution in [0.5, 0.6) is 0 Å². The number of carbonyl (C=O) groups is 1. The molecule has 40 heavy (non-hydrogen) atoms. The van der Waals surface area contributed by atoms with E-state index in [1.54, 1.807) is 45.3 Å². The lowest BCUT2D eigenvalue weighted by Crippen LogP contribution is -2.32. The van der Waals surface area contributed by atoms with E-state index in [4.69, 9.17) is 0 Å². The number of amides is 1. The van der Waals surface area contributed by atoms with Crippen LogP contribution in [-0.4, -0.2) is 34.9 Å². The van der Waals surface area contributed by atoms with Crippen LogP contribution in [0.3, 0.4) is 0 Å². The zero-order valence-electron chi connectivity index (χ0n) is 22.2. The second-order valence-electron chi connectivity index (χ2n) is 9.51. The van der Waals surface area contributed by atoms with Crippen LogP contribution in [0.2, 0.25) is 0 Å². The SMILES string of the molecule is Cc1nn2cccnc2c1C(=O)N[C@@H](C)c1cc2cccc(C#Cc3cnn(C)c3)c2c(=O)n1-c1ccccc1. The first-order chi connectivity index (χ1) is 19.4. The van der Waals surface area contributed by atoms with Gasteiger partial charge in [0.1, 0.15) is 5.56 Å². The Morgan fingerprint density at radius 3 is 2.65 bits per heavy atom. The molecule has 0 unspecified atom stereocenters. The third-order valence-electron chi connectivity index (χ3n) is 6.72. The summed E-state index contributed by atoms with van der Waals surface area (Å²) >= 11 is 0. The van der Waals surface area contributed by atoms with E-state index in [0.717, 1.165) is 10.9 Å². The van der Waals surface area contributed by atoms with Crippen LogP contribution in [-0.2, 0) is 7.05 Å². The highest BCUT2D eigenvalue weighted by Crippen LogP contribution is 2.24. The quantitative estimate of drug-likeness (QED) is 0.350. The second-order valence-corrected chi connectivity index (χ2v) is 9.51. The maximum Gasteiger partial charge on any atom is 0.264 e. The van der Waals surface area contributed by atoms with Crippen molar-refractivity contribution in [1.29, 1.82) is 0 Å². The summed E-state index contributed by atoms with van der Waals surface area (Å²) in [5, 5.41) is 12.9. The van der Waals surface area contributed by atoms with Crippen LogP contribution >= 0.6 is 0 Å². The first-order valence-electron chi connectivity index (χ1n) is 12.8. The summed E-state index contributed by atoms with van der Waals surface area (Å²) in [4.78, 5) is 32.0. The molecule has 0 spiro atoms. The van der Waals surface area contributed by atoms with E-state index in [1.807, 2.05) is 74.8 Å². The lowest BCUT2D eigenvalue weighted by atomic mass is 10.0. The number of aryl methyl sites for hydroxylation is 2. The van der Waals surface area contributed by atoms with E-state index in [1.165, 1.54) is 0 Å². The number of aromatic nitrogens is 6. The van der Waals surface area contributed by atoms with Crippen LogP contribution in [0.1, 0.15) is 45.8 Å². The Balaban J connectivity index is 1.48. The molecule has 0 saturated carbocycles. The Labute approximate surface area is 229 Å². The molecule has 0 fully saturated rings. The van der Waals surface area contributed by atoms with Gasteiger partial charge in [-0.1, -0.05) is 42.2 Å². The molecular weight excluding hydrogens is 502 g/mol. The summed E-state index contributed by atoms with van der Waals surface area (Å²) in [6.07, 6.45) is 6.89. The van der Waals surface area contributed by atoms with Gasteiger partial charge in [-0.2, -0.15) is 10.2 Å². The number of nitrogens with zero attached hydrogens (tertiary/aromatic N) is 6. The minimum absolute atomic E-state index is 0.218. The van der Waals surface area contributed by atoms with Gasteiger partial charge in [-0.25, -0.2) is 9.50 Å². The molecule has 0 saturated heterocycles. The van der Waals surface area contributed by atoms with Gasteiger partial charge in [-0.15, -0.1) is 0 Å². The van der Waals surface area contributed by atoms with E-state index in [9.17, 15) is 9.59 Å². The third kappa shape index (κ3) is 4.41. The first kappa shape index (κ1) is 24.8. The molecule has 6 aromatic rings. The average molecular weight is 528 g/mol. The van der Waals surface area contributed by atoms with Gasteiger partial charge in [0, 0.05) is 42.6 Å². The third-order valence-corrected chi connectivity index (χ3v) is 6.72. The summed E-state index contributed by atoms with van der Waals surface area (Å²) in [5.41, 5.74) is 3.92. The normalized spacial score (nSPS) is 11.8. The molecule has 0 radical (unpaired) electrons. The van der Waals surface area contributed by atoms with Crippen molar-refractivity contribution in [3.05, 3.63) is 124 Å². The molecule has 0 aliphatic rings. The zero-order valence-corrected chi connectivity index (χ0v) is 22.2. The second kappa shape index (κ2) is 10.0. The molecule has 1 atom stereocenters. The first-order valence-corrected chi connectivity index (χ1v) is 12.8. The van der Waals surface area contributed by atoms with E-state index in [-0.39, 0.29) is 11.5 Å². The molecule has 9 nitrogen and oxygen atoms in total. The van der Waals surface area contributed by atoms with Crippen molar-refractivity contribution in [2.75, 3.05) is 0 Å². The number of carbonyl (C=O) groups excluding carboxylic acids is 1. The minimum atomic E-state index is -0.520. The standard InChI is InChI=1S/C31H25N7O2/c1-20(34-30(39)27-21(2)35-37-16-8-15-32-29(27)37)26-17-24-10-7-9-23(14-13-22-18-33-36(3)19-22)28(24)31(40)38(26)25-11-5-4-6-12-25/h4-12,15-20H,1-3H3,(H,34,39)/t20-/m0/s1. The smallest absolute Gasteiger partial charge is 0.264 e. The molecule has 0 aliphatic carbocycles. The van der Waals surface area contributed by atoms with E-state index < -0.39 is 6.04 Å². The lowest BCUT2D eigenvalue weighted by Gasteiger charge is -2.21. The van der Waals surface area contributed by atoms with Gasteiger partial charge in [0.25, 0.3) is 11.5 Å². The van der Waals surface area contributed by atoms with Crippen LogP contribution < -0.4 is 10.9 Å². The summed E-state index contributed by atoms with van der Waals surface area (Å²) in [7, 11) is 1.83. The fraction of sp³-hybridized carbons (Fsp3) is 0.129. The number of hydrogen-bond acceptors (Lipinski definition) is 5. The number of hydrogen-bond donors (Lipinski definition) is 1. The molecule has 9 heteroatoms. The van der Waals surface area contributed by atoms with Crippen LogP contribution in [0, 0.1) is 18.8 Å². The van der Waals surface area contributed by atoms with Gasteiger partial charge in [0.05, 0.1) is 28.9 Å². The number of rotatable bonds is 4. The molecule has 4 heterocycles. The van der Waals surface area contributed by atoms with Crippen molar-refractivity contribution < 1.29 is 4.79 Å². The van der Waals surface area contributed by atoms with Crippen LogP contribution in [0.15, 0.2) is 90.2 Å². The molecule has 1 N–H and O–H groups in total. The summed E-state index contributed by atoms with van der Waals surface area (Å²) in [6, 6.07) is 18.2. The van der Waals surface area contributed by atoms with Gasteiger partial charge in [-0.05, 0) is 49.6 Å². The fourth-order valence-corrected chi connectivity index (χ4v) is 4.88. The Bertz CT molecular complexity index is 2020. The molecule has 0 bridgehead atoms. The van der Waals surface area contributed by atoms with Crippen LogP contribution in [0.25, 0.3) is 22.1 Å². The Kier molecular flexibility index (Phi) is 6.21. The van der Waals surface area contributed by atoms with Crippen LogP contribution in [0.4, 0.5) is 0 Å². The predicted octanol–water partition coefficient (Wildman–Crippen LogP) is 3.97. The maximum atomic E-state index is 14.2. The largest absolute Gasteiger partial charge is 0.344 e. The van der Waals surface area contributed by atoms with Gasteiger partial charge in [0.2, 0.25) is 0 Å². The van der Waals surface area contributed by atoms with Gasteiger partial charge in [0.15, 0.2) is 5.65 Å². The monoisotopic (exact) mass is 527 g/mol. The highest BCUT2D eigenvalue weighted by molar-refractivity contribution is 6.01. The van der Waals surface area contributed by atoms with Crippen molar-refractivity contribution in [3.63, 3.8) is 0 Å². The number of para-hydroxylation sites is 1. The molecule has 196 valence electrons. The zero-order chi connectivity index (χ0) is 27.8. The number of pyridine rings is 1. The average Bonchev–Trinajstić information content (AvgIpc) is 3.53. The van der Waals surface area contributed by atoms with E-state index in [0.29, 0.717) is 39.2 Å². The van der Waals surface area contributed by atoms with E-state index >= 15 is 0 Å². The molecule has 2 aromatic carbocycles. The van der Waals surface area contributed by atoms with Gasteiger partial charge in [-0.3, -0.25) is 18.8 Å². The number of benzene rings is 2. The predicted molar refractivity (Wildman–Crippen MR) is 152 cm³/mol. The topological polar surface area (TPSA) is 99.1 Å². The molecule has 0 aliphatic heterocycles. The fourth-order valence-electron chi connectivity index (χ4n) is 4.88.